The molecule has 0 aliphatic rings. The van der Waals surface area contributed by atoms with Gasteiger partial charge in [0.1, 0.15) is 6.10 Å². The quantitative estimate of drug-likeness (QED) is 0.290. The van der Waals surface area contributed by atoms with Crippen LogP contribution in [-0.4, -0.2) is 24.5 Å². The van der Waals surface area contributed by atoms with Crippen LogP contribution in [0.1, 0.15) is 27.7 Å². The molecule has 16 heavy (non-hydrogen) atoms. The molecule has 0 radical (unpaired) electrons. The van der Waals surface area contributed by atoms with Gasteiger partial charge in [-0.05, 0) is 13.8 Å². The predicted molar refractivity (Wildman–Crippen MR) is 61.7 cm³/mol. The van der Waals surface area contributed by atoms with Crippen molar-refractivity contribution in [2.75, 3.05) is 6.61 Å². The van der Waals surface area contributed by atoms with Crippen molar-refractivity contribution in [1.82, 2.24) is 0 Å². The summed E-state index contributed by atoms with van der Waals surface area (Å²) in [5.74, 6) is -1.19. The molecule has 0 aliphatic heterocycles. The predicted octanol–water partition coefficient (Wildman–Crippen LogP) is 2.41. The van der Waals surface area contributed by atoms with Crippen molar-refractivity contribution < 1.29 is 19.0 Å². The van der Waals surface area contributed by atoms with E-state index < -0.39 is 11.8 Å². The molecule has 0 bridgehead atoms. The van der Waals surface area contributed by atoms with Crippen molar-refractivity contribution >= 4 is 5.97 Å². The number of ether oxygens (including phenoxy) is 3. The Labute approximate surface area is 96.9 Å². The molecule has 0 amide bonds. The molecule has 0 aromatic rings. The van der Waals surface area contributed by atoms with Crippen LogP contribution in [-0.2, 0) is 19.0 Å². The number of hydrogen-bond donors (Lipinski definition) is 0. The smallest absolute Gasteiger partial charge is 0.333 e. The van der Waals surface area contributed by atoms with Gasteiger partial charge < -0.3 is 14.2 Å². The molecule has 4 heteroatoms. The van der Waals surface area contributed by atoms with Crippen molar-refractivity contribution in [3.8, 4) is 0 Å². The van der Waals surface area contributed by atoms with Crippen LogP contribution in [0.25, 0.3) is 0 Å². The molecule has 4 nitrogen and oxygen atoms in total. The van der Waals surface area contributed by atoms with Crippen LogP contribution in [0.5, 0.6) is 0 Å². The normalized spacial score (nSPS) is 12.8. The fourth-order valence-corrected chi connectivity index (χ4v) is 0.870. The third-order valence-corrected chi connectivity index (χ3v) is 1.69. The second-order valence-electron chi connectivity index (χ2n) is 3.99. The van der Waals surface area contributed by atoms with Gasteiger partial charge in [-0.1, -0.05) is 13.2 Å². The lowest BCUT2D eigenvalue weighted by Crippen LogP contribution is -2.31. The summed E-state index contributed by atoms with van der Waals surface area (Å²) in [5, 5.41) is 0. The van der Waals surface area contributed by atoms with Crippen LogP contribution in [0.2, 0.25) is 0 Å². The van der Waals surface area contributed by atoms with E-state index in [4.69, 9.17) is 14.2 Å². The van der Waals surface area contributed by atoms with Gasteiger partial charge in [0.15, 0.2) is 0 Å². The first-order valence-corrected chi connectivity index (χ1v) is 5.07. The summed E-state index contributed by atoms with van der Waals surface area (Å²) in [6.07, 6.45) is 0.960. The summed E-state index contributed by atoms with van der Waals surface area (Å²) < 4.78 is 15.6. The van der Waals surface area contributed by atoms with Crippen LogP contribution in [0, 0.1) is 0 Å². The Morgan fingerprint density at radius 3 is 2.50 bits per heavy atom. The minimum absolute atomic E-state index is 0.250. The maximum Gasteiger partial charge on any atom is 0.333 e. The van der Waals surface area contributed by atoms with Gasteiger partial charge in [-0.2, -0.15) is 0 Å². The number of rotatable bonds is 7. The molecular weight excluding hydrogens is 208 g/mol. The van der Waals surface area contributed by atoms with E-state index in [2.05, 4.69) is 13.2 Å². The average molecular weight is 228 g/mol. The topological polar surface area (TPSA) is 44.8 Å². The lowest BCUT2D eigenvalue weighted by molar-refractivity contribution is -0.198. The monoisotopic (exact) mass is 228 g/mol. The number of carbonyl (C=O) groups excluding carboxylic acids is 1. The van der Waals surface area contributed by atoms with Crippen molar-refractivity contribution in [2.45, 2.75) is 39.6 Å². The van der Waals surface area contributed by atoms with Crippen LogP contribution in [0.4, 0.5) is 0 Å². The molecule has 0 saturated heterocycles. The molecular formula is C12H20O4. The van der Waals surface area contributed by atoms with Gasteiger partial charge >= 0.3 is 5.97 Å². The Bertz CT molecular complexity index is 268. The molecule has 0 aliphatic carbocycles. The molecule has 0 N–H and O–H groups in total. The molecule has 1 unspecified atom stereocenters. The number of hydrogen-bond acceptors (Lipinski definition) is 4. The summed E-state index contributed by atoms with van der Waals surface area (Å²) in [5.41, 5.74) is 0.369. The number of carbonyl (C=O) groups is 1. The lowest BCUT2D eigenvalue weighted by atomic mass is 10.3. The Morgan fingerprint density at radius 1 is 1.50 bits per heavy atom. The molecule has 0 aromatic heterocycles. The molecule has 0 aromatic carbocycles. The molecule has 0 rings (SSSR count). The van der Waals surface area contributed by atoms with E-state index in [9.17, 15) is 4.79 Å². The van der Waals surface area contributed by atoms with E-state index in [1.165, 1.54) is 6.26 Å². The maximum absolute atomic E-state index is 11.2. The summed E-state index contributed by atoms with van der Waals surface area (Å²) in [4.78, 5) is 11.2. The van der Waals surface area contributed by atoms with Gasteiger partial charge in [0.25, 0.3) is 0 Å². The van der Waals surface area contributed by atoms with Crippen LogP contribution >= 0.6 is 0 Å². The highest BCUT2D eigenvalue weighted by atomic mass is 16.7. The lowest BCUT2D eigenvalue weighted by Gasteiger charge is -2.26. The Hall–Kier alpha value is -1.29. The zero-order chi connectivity index (χ0) is 12.8. The van der Waals surface area contributed by atoms with Gasteiger partial charge in [-0.3, -0.25) is 0 Å². The minimum Gasteiger partial charge on any atom is -0.471 e. The first kappa shape index (κ1) is 14.7. The van der Waals surface area contributed by atoms with Crippen molar-refractivity contribution in [2.24, 2.45) is 0 Å². The van der Waals surface area contributed by atoms with Crippen molar-refractivity contribution in [1.29, 1.82) is 0 Å². The highest BCUT2D eigenvalue weighted by Crippen LogP contribution is 2.12. The van der Waals surface area contributed by atoms with E-state index in [1.54, 1.807) is 27.7 Å². The SMILES string of the molecule is C=COC(C)(C)OCC(C)OC(=O)C(=C)C. The number of esters is 1. The van der Waals surface area contributed by atoms with Gasteiger partial charge in [0, 0.05) is 19.4 Å². The molecule has 0 spiro atoms. The van der Waals surface area contributed by atoms with Gasteiger partial charge in [-0.25, -0.2) is 4.79 Å². The van der Waals surface area contributed by atoms with Crippen LogP contribution in [0.15, 0.2) is 25.0 Å². The second kappa shape index (κ2) is 6.33. The Balaban J connectivity index is 3.98. The molecule has 0 saturated carbocycles. The standard InChI is InChI=1S/C12H20O4/c1-7-14-12(5,6)15-8-10(4)16-11(13)9(2)3/h7,10H,1-2,8H2,3-6H3. The third-order valence-electron chi connectivity index (χ3n) is 1.69. The van der Waals surface area contributed by atoms with Crippen LogP contribution < -0.4 is 0 Å². The highest BCUT2D eigenvalue weighted by Gasteiger charge is 2.20. The second-order valence-corrected chi connectivity index (χ2v) is 3.99. The van der Waals surface area contributed by atoms with E-state index in [0.717, 1.165) is 0 Å². The molecule has 0 heterocycles. The van der Waals surface area contributed by atoms with Gasteiger partial charge in [0.2, 0.25) is 5.79 Å². The van der Waals surface area contributed by atoms with E-state index in [-0.39, 0.29) is 12.7 Å². The van der Waals surface area contributed by atoms with Gasteiger partial charge in [0.05, 0.1) is 12.9 Å². The third kappa shape index (κ3) is 6.24. The molecule has 92 valence electrons. The summed E-state index contributed by atoms with van der Waals surface area (Å²) >= 11 is 0. The van der Waals surface area contributed by atoms with Crippen LogP contribution in [0.3, 0.4) is 0 Å². The largest absolute Gasteiger partial charge is 0.471 e. The minimum atomic E-state index is -0.772. The summed E-state index contributed by atoms with van der Waals surface area (Å²) in [6.45, 7) is 14.0. The van der Waals surface area contributed by atoms with E-state index in [0.29, 0.717) is 5.57 Å². The maximum atomic E-state index is 11.2. The first-order chi connectivity index (χ1) is 7.28. The fourth-order valence-electron chi connectivity index (χ4n) is 0.870. The van der Waals surface area contributed by atoms with Crippen molar-refractivity contribution in [3.05, 3.63) is 25.0 Å². The van der Waals surface area contributed by atoms with E-state index in [1.807, 2.05) is 0 Å². The van der Waals surface area contributed by atoms with E-state index >= 15 is 0 Å². The Kier molecular flexibility index (Phi) is 5.82. The molecule has 0 fully saturated rings. The zero-order valence-electron chi connectivity index (χ0n) is 10.4. The zero-order valence-corrected chi connectivity index (χ0v) is 10.4. The van der Waals surface area contributed by atoms with Gasteiger partial charge in [-0.15, -0.1) is 0 Å². The molecule has 1 atom stereocenters. The fraction of sp³-hybridized carbons (Fsp3) is 0.583. The highest BCUT2D eigenvalue weighted by molar-refractivity contribution is 5.87. The summed E-state index contributed by atoms with van der Waals surface area (Å²) in [7, 11) is 0. The summed E-state index contributed by atoms with van der Waals surface area (Å²) in [6, 6.07) is 0. The van der Waals surface area contributed by atoms with Crippen molar-refractivity contribution in [3.63, 3.8) is 0 Å². The average Bonchev–Trinajstić information content (AvgIpc) is 2.14. The first-order valence-electron chi connectivity index (χ1n) is 5.07. The Morgan fingerprint density at radius 2 is 2.06 bits per heavy atom.